The monoisotopic (exact) mass is 458 g/mol. The number of carbonyl (C=O) groups is 1. The van der Waals surface area contributed by atoms with E-state index in [1.165, 1.54) is 24.3 Å². The number of nitrogens with one attached hydrogen (secondary N) is 2. The molecule has 3 aromatic rings. The van der Waals surface area contributed by atoms with Crippen LogP contribution in [0, 0.1) is 6.92 Å². The van der Waals surface area contributed by atoms with Gasteiger partial charge >= 0.3 is 0 Å². The van der Waals surface area contributed by atoms with Crippen LogP contribution in [0.25, 0.3) is 0 Å². The van der Waals surface area contributed by atoms with Crippen molar-refractivity contribution in [2.75, 3.05) is 10.0 Å². The van der Waals surface area contributed by atoms with Crippen LogP contribution in [0.5, 0.6) is 5.75 Å². The van der Waals surface area contributed by atoms with Gasteiger partial charge in [0.15, 0.2) is 0 Å². The van der Waals surface area contributed by atoms with E-state index in [1.807, 2.05) is 13.8 Å². The second-order valence-electron chi connectivity index (χ2n) is 7.19. The highest BCUT2D eigenvalue weighted by Gasteiger charge is 2.16. The topological polar surface area (TPSA) is 84.5 Å². The number of ether oxygens (including phenoxy) is 1. The van der Waals surface area contributed by atoms with Crippen molar-refractivity contribution >= 4 is 38.9 Å². The maximum Gasteiger partial charge on any atom is 0.261 e. The zero-order valence-electron chi connectivity index (χ0n) is 17.3. The van der Waals surface area contributed by atoms with E-state index >= 15 is 0 Å². The van der Waals surface area contributed by atoms with E-state index in [9.17, 15) is 13.2 Å². The Morgan fingerprint density at radius 1 is 0.968 bits per heavy atom. The molecule has 0 aliphatic heterocycles. The first-order valence-corrected chi connectivity index (χ1v) is 11.5. The number of halogens is 1. The van der Waals surface area contributed by atoms with Crippen LogP contribution in [-0.4, -0.2) is 20.4 Å². The molecule has 8 heteroatoms. The summed E-state index contributed by atoms with van der Waals surface area (Å²) in [7, 11) is -3.80. The first-order chi connectivity index (χ1) is 14.7. The predicted molar refractivity (Wildman–Crippen MR) is 124 cm³/mol. The quantitative estimate of drug-likeness (QED) is 0.490. The Bertz CT molecular complexity index is 1180. The average molecular weight is 459 g/mol. The second kappa shape index (κ2) is 9.41. The Morgan fingerprint density at radius 2 is 1.61 bits per heavy atom. The molecule has 31 heavy (non-hydrogen) atoms. The molecule has 2 N–H and O–H groups in total. The highest BCUT2D eigenvalue weighted by Crippen LogP contribution is 2.26. The van der Waals surface area contributed by atoms with Crippen LogP contribution < -0.4 is 14.8 Å². The van der Waals surface area contributed by atoms with E-state index < -0.39 is 10.0 Å². The van der Waals surface area contributed by atoms with Gasteiger partial charge in [-0.15, -0.1) is 0 Å². The minimum Gasteiger partial charge on any atom is -0.491 e. The molecule has 0 atom stereocenters. The number of carbonyl (C=O) groups excluding carboxylic acids is 1. The molecule has 0 aliphatic carbocycles. The highest BCUT2D eigenvalue weighted by atomic mass is 35.5. The molecule has 0 unspecified atom stereocenters. The largest absolute Gasteiger partial charge is 0.491 e. The number of rotatable bonds is 7. The maximum atomic E-state index is 12.7. The summed E-state index contributed by atoms with van der Waals surface area (Å²) >= 11 is 6.06. The third kappa shape index (κ3) is 5.77. The summed E-state index contributed by atoms with van der Waals surface area (Å²) in [5.41, 5.74) is 1.99. The lowest BCUT2D eigenvalue weighted by Gasteiger charge is -2.12. The van der Waals surface area contributed by atoms with Gasteiger partial charge in [-0.1, -0.05) is 17.7 Å². The van der Waals surface area contributed by atoms with Crippen molar-refractivity contribution in [2.24, 2.45) is 0 Å². The molecule has 6 nitrogen and oxygen atoms in total. The van der Waals surface area contributed by atoms with Crippen LogP contribution in [-0.2, 0) is 10.0 Å². The zero-order valence-corrected chi connectivity index (χ0v) is 18.9. The van der Waals surface area contributed by atoms with Crippen molar-refractivity contribution in [1.82, 2.24) is 0 Å². The Balaban J connectivity index is 1.69. The molecule has 0 saturated heterocycles. The molecular formula is C23H23ClN2O4S. The molecule has 3 rings (SSSR count). The van der Waals surface area contributed by atoms with E-state index in [1.54, 1.807) is 49.4 Å². The standard InChI is InChI=1S/C23H23ClN2O4S/c1-15(2)30-19-11-7-17(8-12-19)23(27)25-18-9-13-20(14-10-18)31(28,29)26-22-6-4-5-21(24)16(22)3/h4-15,26H,1-3H3,(H,25,27). The lowest BCUT2D eigenvalue weighted by Crippen LogP contribution is -2.15. The number of sulfonamides is 1. The van der Waals surface area contributed by atoms with Gasteiger partial charge in [-0.2, -0.15) is 0 Å². The summed E-state index contributed by atoms with van der Waals surface area (Å²) in [5, 5.41) is 3.23. The van der Waals surface area contributed by atoms with E-state index in [4.69, 9.17) is 16.3 Å². The molecule has 1 amide bonds. The third-order valence-corrected chi connectivity index (χ3v) is 6.21. The van der Waals surface area contributed by atoms with Crippen molar-refractivity contribution < 1.29 is 17.9 Å². The van der Waals surface area contributed by atoms with E-state index in [-0.39, 0.29) is 16.9 Å². The number of hydrogen-bond donors (Lipinski definition) is 2. The van der Waals surface area contributed by atoms with Crippen molar-refractivity contribution in [3.05, 3.63) is 82.9 Å². The maximum absolute atomic E-state index is 12.7. The number of amides is 1. The van der Waals surface area contributed by atoms with Gasteiger partial charge < -0.3 is 10.1 Å². The summed E-state index contributed by atoms with van der Waals surface area (Å²) < 4.78 is 33.5. The molecule has 0 bridgehead atoms. The van der Waals surface area contributed by atoms with Gasteiger partial charge in [-0.25, -0.2) is 8.42 Å². The Labute approximate surface area is 187 Å². The van der Waals surface area contributed by atoms with Gasteiger partial charge in [0.05, 0.1) is 16.7 Å². The molecule has 162 valence electrons. The Hall–Kier alpha value is -3.03. The number of benzene rings is 3. The van der Waals surface area contributed by atoms with E-state index in [0.29, 0.717) is 33.3 Å². The first-order valence-electron chi connectivity index (χ1n) is 9.62. The normalized spacial score (nSPS) is 11.3. The molecule has 0 aliphatic rings. The van der Waals surface area contributed by atoms with Crippen LogP contribution in [0.4, 0.5) is 11.4 Å². The Kier molecular flexibility index (Phi) is 6.87. The lowest BCUT2D eigenvalue weighted by atomic mass is 10.2. The fraction of sp³-hybridized carbons (Fsp3) is 0.174. The second-order valence-corrected chi connectivity index (χ2v) is 9.28. The molecule has 0 fully saturated rings. The fourth-order valence-corrected chi connectivity index (χ4v) is 4.10. The first kappa shape index (κ1) is 22.7. The van der Waals surface area contributed by atoms with Gasteiger partial charge in [0.1, 0.15) is 5.75 Å². The number of hydrogen-bond acceptors (Lipinski definition) is 4. The molecular weight excluding hydrogens is 436 g/mol. The highest BCUT2D eigenvalue weighted by molar-refractivity contribution is 7.92. The van der Waals surface area contributed by atoms with Gasteiger partial charge in [-0.05, 0) is 87.0 Å². The van der Waals surface area contributed by atoms with Crippen molar-refractivity contribution in [2.45, 2.75) is 31.8 Å². The molecule has 3 aromatic carbocycles. The summed E-state index contributed by atoms with van der Waals surface area (Å²) in [4.78, 5) is 12.5. The van der Waals surface area contributed by atoms with Gasteiger partial charge in [0.2, 0.25) is 0 Å². The minimum atomic E-state index is -3.80. The minimum absolute atomic E-state index is 0.0479. The lowest BCUT2D eigenvalue weighted by molar-refractivity contribution is 0.102. The van der Waals surface area contributed by atoms with Crippen molar-refractivity contribution in [1.29, 1.82) is 0 Å². The summed E-state index contributed by atoms with van der Waals surface area (Å²) in [6, 6.07) is 17.7. The smallest absolute Gasteiger partial charge is 0.261 e. The van der Waals surface area contributed by atoms with Crippen molar-refractivity contribution in [3.8, 4) is 5.75 Å². The van der Waals surface area contributed by atoms with Crippen LogP contribution in [0.3, 0.4) is 0 Å². The third-order valence-electron chi connectivity index (χ3n) is 4.42. The van der Waals surface area contributed by atoms with Gasteiger partial charge in [0, 0.05) is 16.3 Å². The summed E-state index contributed by atoms with van der Waals surface area (Å²) in [6.45, 7) is 5.59. The number of anilines is 2. The summed E-state index contributed by atoms with van der Waals surface area (Å²) in [5.74, 6) is 0.378. The van der Waals surface area contributed by atoms with E-state index in [2.05, 4.69) is 10.0 Å². The molecule has 0 heterocycles. The van der Waals surface area contributed by atoms with Crippen LogP contribution in [0.1, 0.15) is 29.8 Å². The van der Waals surface area contributed by atoms with Gasteiger partial charge in [0.25, 0.3) is 15.9 Å². The van der Waals surface area contributed by atoms with Crippen molar-refractivity contribution in [3.63, 3.8) is 0 Å². The molecule has 0 radical (unpaired) electrons. The van der Waals surface area contributed by atoms with Crippen LogP contribution in [0.15, 0.2) is 71.6 Å². The van der Waals surface area contributed by atoms with Crippen LogP contribution >= 0.6 is 11.6 Å². The van der Waals surface area contributed by atoms with Gasteiger partial charge in [-0.3, -0.25) is 9.52 Å². The molecule has 0 spiro atoms. The zero-order chi connectivity index (χ0) is 22.6. The molecule has 0 saturated carbocycles. The summed E-state index contributed by atoms with van der Waals surface area (Å²) in [6.07, 6.45) is 0.0479. The average Bonchev–Trinajstić information content (AvgIpc) is 2.72. The predicted octanol–water partition coefficient (Wildman–Crippen LogP) is 5.49. The fourth-order valence-electron chi connectivity index (χ4n) is 2.80. The van der Waals surface area contributed by atoms with Crippen LogP contribution in [0.2, 0.25) is 5.02 Å². The SMILES string of the molecule is Cc1c(Cl)cccc1NS(=O)(=O)c1ccc(NC(=O)c2ccc(OC(C)C)cc2)cc1. The van der Waals surface area contributed by atoms with E-state index in [0.717, 1.165) is 0 Å². The molecule has 0 aromatic heterocycles. The Morgan fingerprint density at radius 3 is 2.23 bits per heavy atom.